The number of esters is 1. The fourth-order valence-electron chi connectivity index (χ4n) is 2.32. The molecule has 0 aromatic heterocycles. The van der Waals surface area contributed by atoms with Crippen molar-refractivity contribution in [2.75, 3.05) is 27.7 Å². The molecule has 0 amide bonds. The quantitative estimate of drug-likeness (QED) is 0.216. The topological polar surface area (TPSA) is 104 Å². The molecule has 25 heavy (non-hydrogen) atoms. The molecule has 0 aromatic rings. The van der Waals surface area contributed by atoms with Crippen molar-refractivity contribution in [3.8, 4) is 0 Å². The van der Waals surface area contributed by atoms with Crippen molar-refractivity contribution in [1.82, 2.24) is 0 Å². The number of ether oxygens (including phenoxy) is 1. The van der Waals surface area contributed by atoms with Gasteiger partial charge in [0.15, 0.2) is 6.10 Å². The van der Waals surface area contributed by atoms with Gasteiger partial charge >= 0.3 is 11.9 Å². The van der Waals surface area contributed by atoms with Gasteiger partial charge in [0.05, 0.1) is 21.1 Å². The Balaban J connectivity index is 3.94. The van der Waals surface area contributed by atoms with Gasteiger partial charge in [-0.05, 0) is 32.1 Å². The minimum atomic E-state index is -1.22. The first-order valence-corrected chi connectivity index (χ1v) is 8.66. The number of hydrogen-bond donors (Lipinski definition) is 1. The standard InChI is InChI=1S/C18H31NO6/c1-19(2,3)14-15(13-17(22)23)25-18(24)12-10-8-6-4-5-7-9-11-16(20)21/h4-5,15H,6-14H2,1-3H3,(H-,20,21,22,23)/b5-4+. The van der Waals surface area contributed by atoms with Gasteiger partial charge in [-0.2, -0.15) is 0 Å². The van der Waals surface area contributed by atoms with Gasteiger partial charge in [-0.3, -0.25) is 9.59 Å². The third-order valence-electron chi connectivity index (χ3n) is 3.37. The number of carboxylic acid groups (broad SMARTS) is 2. The van der Waals surface area contributed by atoms with E-state index in [1.807, 2.05) is 33.3 Å². The normalized spacial score (nSPS) is 12.9. The van der Waals surface area contributed by atoms with Crippen LogP contribution in [-0.4, -0.2) is 61.3 Å². The van der Waals surface area contributed by atoms with E-state index < -0.39 is 18.0 Å². The van der Waals surface area contributed by atoms with Crippen LogP contribution in [0.3, 0.4) is 0 Å². The molecule has 0 saturated heterocycles. The van der Waals surface area contributed by atoms with Crippen LogP contribution in [-0.2, 0) is 19.1 Å². The number of quaternary nitrogens is 1. The summed E-state index contributed by atoms with van der Waals surface area (Å²) in [4.78, 5) is 33.0. The Labute approximate surface area is 149 Å². The number of nitrogens with zero attached hydrogens (tertiary/aromatic N) is 1. The molecule has 144 valence electrons. The summed E-state index contributed by atoms with van der Waals surface area (Å²) in [5, 5.41) is 19.3. The number of carbonyl (C=O) groups excluding carboxylic acids is 2. The Bertz CT molecular complexity index is 453. The lowest BCUT2D eigenvalue weighted by Gasteiger charge is -2.29. The zero-order valence-corrected chi connectivity index (χ0v) is 15.5. The van der Waals surface area contributed by atoms with Crippen LogP contribution in [0.2, 0.25) is 0 Å². The Kier molecular flexibility index (Phi) is 11.5. The van der Waals surface area contributed by atoms with Crippen molar-refractivity contribution in [3.05, 3.63) is 12.2 Å². The minimum Gasteiger partial charge on any atom is -0.550 e. The molecule has 0 saturated carbocycles. The van der Waals surface area contributed by atoms with E-state index in [2.05, 4.69) is 0 Å². The summed E-state index contributed by atoms with van der Waals surface area (Å²) in [5.41, 5.74) is 0. The van der Waals surface area contributed by atoms with E-state index in [0.29, 0.717) is 23.9 Å². The van der Waals surface area contributed by atoms with Crippen LogP contribution in [0.4, 0.5) is 0 Å². The summed E-state index contributed by atoms with van der Waals surface area (Å²) >= 11 is 0. The molecule has 0 spiro atoms. The van der Waals surface area contributed by atoms with Crippen LogP contribution in [0, 0.1) is 0 Å². The lowest BCUT2D eigenvalue weighted by Crippen LogP contribution is -2.45. The minimum absolute atomic E-state index is 0.177. The van der Waals surface area contributed by atoms with Gasteiger partial charge in [-0.1, -0.05) is 12.2 Å². The van der Waals surface area contributed by atoms with E-state index in [9.17, 15) is 19.5 Å². The first kappa shape index (κ1) is 23.1. The van der Waals surface area contributed by atoms with Crippen LogP contribution in [0.15, 0.2) is 12.2 Å². The van der Waals surface area contributed by atoms with Crippen LogP contribution in [0.25, 0.3) is 0 Å². The van der Waals surface area contributed by atoms with E-state index in [0.717, 1.165) is 19.3 Å². The first-order chi connectivity index (χ1) is 11.6. The monoisotopic (exact) mass is 357 g/mol. The molecular formula is C18H31NO6. The third kappa shape index (κ3) is 16.7. The summed E-state index contributed by atoms with van der Waals surface area (Å²) in [6.07, 6.45) is 7.10. The smallest absolute Gasteiger partial charge is 0.306 e. The van der Waals surface area contributed by atoms with Gasteiger partial charge in [0.1, 0.15) is 6.54 Å². The highest BCUT2D eigenvalue weighted by Gasteiger charge is 2.22. The molecule has 1 unspecified atom stereocenters. The molecule has 7 nitrogen and oxygen atoms in total. The first-order valence-electron chi connectivity index (χ1n) is 8.66. The molecule has 0 radical (unpaired) electrons. The maximum Gasteiger partial charge on any atom is 0.306 e. The van der Waals surface area contributed by atoms with Crippen molar-refractivity contribution in [2.24, 2.45) is 0 Å². The van der Waals surface area contributed by atoms with Gasteiger partial charge in [0, 0.05) is 25.2 Å². The average Bonchev–Trinajstić information content (AvgIpc) is 2.42. The molecule has 1 N–H and O–H groups in total. The Morgan fingerprint density at radius 1 is 1.04 bits per heavy atom. The van der Waals surface area contributed by atoms with Crippen LogP contribution >= 0.6 is 0 Å². The lowest BCUT2D eigenvalue weighted by atomic mass is 10.1. The van der Waals surface area contributed by atoms with Gasteiger partial charge in [-0.25, -0.2) is 0 Å². The molecule has 1 atom stereocenters. The molecule has 7 heteroatoms. The molecule has 0 aliphatic carbocycles. The molecular weight excluding hydrogens is 326 g/mol. The lowest BCUT2D eigenvalue weighted by molar-refractivity contribution is -0.873. The molecule has 0 aromatic carbocycles. The maximum absolute atomic E-state index is 11.8. The van der Waals surface area contributed by atoms with E-state index in [-0.39, 0.29) is 25.2 Å². The maximum atomic E-state index is 11.8. The molecule has 0 fully saturated rings. The van der Waals surface area contributed by atoms with Crippen LogP contribution in [0.1, 0.15) is 51.4 Å². The van der Waals surface area contributed by atoms with E-state index in [1.54, 1.807) is 0 Å². The van der Waals surface area contributed by atoms with E-state index >= 15 is 0 Å². The number of unbranched alkanes of at least 4 members (excludes halogenated alkanes) is 3. The SMILES string of the molecule is C[N+](C)(C)CC(CC(=O)[O-])OC(=O)CCCC/C=C/CCCC(=O)O. The van der Waals surface area contributed by atoms with Gasteiger partial charge in [0.2, 0.25) is 0 Å². The summed E-state index contributed by atoms with van der Waals surface area (Å²) in [5.74, 6) is -2.39. The molecule has 0 bridgehead atoms. The van der Waals surface area contributed by atoms with Gasteiger partial charge in [0.25, 0.3) is 0 Å². The average molecular weight is 357 g/mol. The highest BCUT2D eigenvalue weighted by atomic mass is 16.5. The Hall–Kier alpha value is -1.89. The molecule has 0 aliphatic rings. The van der Waals surface area contributed by atoms with Gasteiger partial charge in [-0.15, -0.1) is 0 Å². The van der Waals surface area contributed by atoms with E-state index in [1.165, 1.54) is 0 Å². The Morgan fingerprint density at radius 3 is 2.16 bits per heavy atom. The van der Waals surface area contributed by atoms with Crippen LogP contribution < -0.4 is 5.11 Å². The molecule has 0 rings (SSSR count). The summed E-state index contributed by atoms with van der Waals surface area (Å²) < 4.78 is 5.77. The van der Waals surface area contributed by atoms with Crippen molar-refractivity contribution < 1.29 is 33.8 Å². The summed E-state index contributed by atoms with van der Waals surface area (Å²) in [6.45, 7) is 0.415. The second-order valence-electron chi connectivity index (χ2n) is 7.16. The fourth-order valence-corrected chi connectivity index (χ4v) is 2.32. The molecule has 0 heterocycles. The van der Waals surface area contributed by atoms with Crippen molar-refractivity contribution in [3.63, 3.8) is 0 Å². The largest absolute Gasteiger partial charge is 0.550 e. The molecule has 0 aliphatic heterocycles. The Morgan fingerprint density at radius 2 is 1.64 bits per heavy atom. The number of rotatable bonds is 14. The third-order valence-corrected chi connectivity index (χ3v) is 3.37. The van der Waals surface area contributed by atoms with Crippen molar-refractivity contribution in [1.29, 1.82) is 0 Å². The highest BCUT2D eigenvalue weighted by Crippen LogP contribution is 2.09. The summed E-state index contributed by atoms with van der Waals surface area (Å²) in [6, 6.07) is 0. The van der Waals surface area contributed by atoms with E-state index in [4.69, 9.17) is 9.84 Å². The van der Waals surface area contributed by atoms with Crippen LogP contribution in [0.5, 0.6) is 0 Å². The predicted octanol–water partition coefficient (Wildman–Crippen LogP) is 1.12. The number of allylic oxidation sites excluding steroid dienone is 2. The number of carbonyl (C=O) groups is 3. The number of hydrogen-bond acceptors (Lipinski definition) is 5. The zero-order valence-electron chi connectivity index (χ0n) is 15.5. The second-order valence-corrected chi connectivity index (χ2v) is 7.16. The number of likely N-dealkylation sites (N-methyl/N-ethyl adjacent to an activating group) is 1. The van der Waals surface area contributed by atoms with Crippen molar-refractivity contribution in [2.45, 2.75) is 57.5 Å². The summed E-state index contributed by atoms with van der Waals surface area (Å²) in [7, 11) is 5.71. The van der Waals surface area contributed by atoms with Gasteiger partial charge < -0.3 is 24.2 Å². The fraction of sp³-hybridized carbons (Fsp3) is 0.722. The number of carboxylic acids is 2. The van der Waals surface area contributed by atoms with Crippen molar-refractivity contribution >= 4 is 17.9 Å². The number of aliphatic carboxylic acids is 2. The predicted molar refractivity (Wildman–Crippen MR) is 91.5 cm³/mol. The second kappa shape index (κ2) is 12.5. The highest BCUT2D eigenvalue weighted by molar-refractivity contribution is 5.70. The zero-order chi connectivity index (χ0) is 19.3.